The molecule has 0 aliphatic heterocycles. The molecule has 0 aliphatic rings. The van der Waals surface area contributed by atoms with Crippen molar-refractivity contribution in [2.24, 2.45) is 0 Å². The third-order valence-corrected chi connectivity index (χ3v) is 8.87. The van der Waals surface area contributed by atoms with Gasteiger partial charge in [-0.1, -0.05) is 60.7 Å². The van der Waals surface area contributed by atoms with Gasteiger partial charge in [-0.25, -0.2) is 32.5 Å². The number of fused-ring (bicyclic) bond motifs is 5. The van der Waals surface area contributed by atoms with Crippen LogP contribution < -0.4 is 0 Å². The van der Waals surface area contributed by atoms with Crippen LogP contribution in [0.5, 0.6) is 0 Å². The van der Waals surface area contributed by atoms with Gasteiger partial charge in [0.15, 0.2) is 23.3 Å². The summed E-state index contributed by atoms with van der Waals surface area (Å²) in [5, 5.41) is 29.9. The van der Waals surface area contributed by atoms with Crippen LogP contribution in [-0.2, 0) is 0 Å². The van der Waals surface area contributed by atoms with Gasteiger partial charge in [-0.05, 0) is 54.1 Å². The summed E-state index contributed by atoms with van der Waals surface area (Å²) in [4.78, 5) is 15.2. The van der Waals surface area contributed by atoms with Crippen molar-refractivity contribution in [2.75, 3.05) is 0 Å². The first-order valence-corrected chi connectivity index (χ1v) is 15.7. The lowest BCUT2D eigenvalue weighted by molar-refractivity contribution is 0.454. The summed E-state index contributed by atoms with van der Waals surface area (Å²) >= 11 is 0. The van der Waals surface area contributed by atoms with Gasteiger partial charge in [-0.2, -0.15) is 15.8 Å². The third kappa shape index (κ3) is 5.05. The maximum Gasteiger partial charge on any atom is 0.180 e. The van der Waals surface area contributed by atoms with Crippen LogP contribution in [0.1, 0.15) is 16.7 Å². The SMILES string of the molecule is N#Cc1ccc(-c2nc3ccc4c(-c5cccc(-c6c(F)c(F)c(C#N)c(F)c6F)c5)nc5ccccc5c4c3nc2-c2ccc(C#N)cc2)cc1. The number of nitriles is 3. The van der Waals surface area contributed by atoms with Gasteiger partial charge in [0.25, 0.3) is 0 Å². The normalized spacial score (nSPS) is 11.0. The van der Waals surface area contributed by atoms with E-state index in [-0.39, 0.29) is 5.56 Å². The second kappa shape index (κ2) is 12.4. The zero-order chi connectivity index (χ0) is 36.1. The molecule has 6 aromatic carbocycles. The summed E-state index contributed by atoms with van der Waals surface area (Å²) in [5.41, 5.74) is 3.46. The molecule has 0 amide bonds. The molecule has 0 atom stereocenters. The highest BCUT2D eigenvalue weighted by Gasteiger charge is 2.27. The smallest absolute Gasteiger partial charge is 0.180 e. The maximum absolute atomic E-state index is 15.2. The minimum atomic E-state index is -1.78. The molecule has 6 nitrogen and oxygen atoms in total. The van der Waals surface area contributed by atoms with E-state index in [2.05, 4.69) is 12.1 Å². The van der Waals surface area contributed by atoms with Crippen molar-refractivity contribution in [3.63, 3.8) is 0 Å². The maximum atomic E-state index is 15.2. The van der Waals surface area contributed by atoms with Gasteiger partial charge in [0.1, 0.15) is 11.6 Å². The minimum Gasteiger partial charge on any atom is -0.247 e. The number of nitrogens with zero attached hydrogens (tertiary/aromatic N) is 6. The summed E-state index contributed by atoms with van der Waals surface area (Å²) in [6.07, 6.45) is 0. The lowest BCUT2D eigenvalue weighted by Crippen LogP contribution is -2.04. The van der Waals surface area contributed by atoms with Gasteiger partial charge in [0.2, 0.25) is 0 Å². The van der Waals surface area contributed by atoms with Gasteiger partial charge in [-0.15, -0.1) is 0 Å². The van der Waals surface area contributed by atoms with Crippen LogP contribution in [0.3, 0.4) is 0 Å². The van der Waals surface area contributed by atoms with E-state index in [9.17, 15) is 19.3 Å². The molecule has 52 heavy (non-hydrogen) atoms. The highest BCUT2D eigenvalue weighted by molar-refractivity contribution is 6.21. The van der Waals surface area contributed by atoms with E-state index in [0.29, 0.717) is 66.7 Å². The highest BCUT2D eigenvalue weighted by Crippen LogP contribution is 2.40. The number of pyridine rings is 1. The molecule has 0 aliphatic carbocycles. The first kappa shape index (κ1) is 31.8. The first-order valence-electron chi connectivity index (χ1n) is 15.7. The van der Waals surface area contributed by atoms with E-state index in [1.807, 2.05) is 30.3 Å². The number of hydrogen-bond donors (Lipinski definition) is 0. The van der Waals surface area contributed by atoms with E-state index in [1.165, 1.54) is 24.3 Å². The van der Waals surface area contributed by atoms with Crippen LogP contribution in [-0.4, -0.2) is 15.0 Å². The Morgan fingerprint density at radius 2 is 1.02 bits per heavy atom. The quantitative estimate of drug-likeness (QED) is 0.104. The van der Waals surface area contributed by atoms with Crippen molar-refractivity contribution in [2.45, 2.75) is 0 Å². The Morgan fingerprint density at radius 3 is 1.63 bits per heavy atom. The van der Waals surface area contributed by atoms with Crippen LogP contribution in [0.25, 0.3) is 77.6 Å². The zero-order valence-electron chi connectivity index (χ0n) is 26.6. The molecular weight excluding hydrogens is 664 g/mol. The van der Waals surface area contributed by atoms with Crippen LogP contribution in [0.4, 0.5) is 17.6 Å². The molecule has 0 fully saturated rings. The highest BCUT2D eigenvalue weighted by atomic mass is 19.2. The third-order valence-electron chi connectivity index (χ3n) is 8.87. The van der Waals surface area contributed by atoms with Gasteiger partial charge < -0.3 is 0 Å². The molecule has 0 spiro atoms. The van der Waals surface area contributed by atoms with Gasteiger partial charge in [0.05, 0.1) is 62.5 Å². The van der Waals surface area contributed by atoms with Crippen molar-refractivity contribution >= 4 is 32.7 Å². The number of hydrogen-bond acceptors (Lipinski definition) is 6. The van der Waals surface area contributed by atoms with Gasteiger partial charge in [-0.3, -0.25) is 0 Å². The summed E-state index contributed by atoms with van der Waals surface area (Å²) in [6, 6.07) is 36.2. The Kier molecular flexibility index (Phi) is 7.60. The van der Waals surface area contributed by atoms with Gasteiger partial charge >= 0.3 is 0 Å². The molecule has 244 valence electrons. The molecule has 0 saturated heterocycles. The molecule has 8 aromatic rings. The van der Waals surface area contributed by atoms with E-state index < -0.39 is 34.4 Å². The van der Waals surface area contributed by atoms with Gasteiger partial charge in [0, 0.05) is 32.8 Å². The van der Waals surface area contributed by atoms with Crippen LogP contribution in [0, 0.1) is 57.3 Å². The summed E-state index contributed by atoms with van der Waals surface area (Å²) in [7, 11) is 0. The molecule has 2 aromatic heterocycles. The lowest BCUT2D eigenvalue weighted by atomic mass is 9.95. The predicted octanol–water partition coefficient (Wildman–Crippen LogP) is 10.2. The van der Waals surface area contributed by atoms with Crippen molar-refractivity contribution in [1.29, 1.82) is 15.8 Å². The second-order valence-electron chi connectivity index (χ2n) is 11.8. The lowest BCUT2D eigenvalue weighted by Gasteiger charge is -2.16. The van der Waals surface area contributed by atoms with E-state index in [4.69, 9.17) is 20.2 Å². The standard InChI is InChI=1S/C42H18F4N6/c43-35-30(21-49)36(44)38(46)33(37(35)45)26-4-3-5-27(18-26)39-29-16-17-32-42(34(29)28-6-1-2-7-31(28)50-39)52-41(25-14-10-23(20-48)11-15-25)40(51-32)24-12-8-22(19-47)9-13-24/h1-18H. The monoisotopic (exact) mass is 682 g/mol. The Morgan fingerprint density at radius 1 is 0.442 bits per heavy atom. The first-order chi connectivity index (χ1) is 25.3. The zero-order valence-corrected chi connectivity index (χ0v) is 26.6. The van der Waals surface area contributed by atoms with Crippen molar-refractivity contribution in [3.8, 4) is 63.1 Å². The molecule has 8 rings (SSSR count). The largest absolute Gasteiger partial charge is 0.247 e. The molecule has 10 heteroatoms. The summed E-state index contributed by atoms with van der Waals surface area (Å²) < 4.78 is 59.6. The number of aromatic nitrogens is 3. The number of rotatable bonds is 4. The number of para-hydroxylation sites is 1. The fourth-order valence-corrected chi connectivity index (χ4v) is 6.39. The number of halogens is 4. The van der Waals surface area contributed by atoms with Crippen molar-refractivity contribution < 1.29 is 17.6 Å². The average Bonchev–Trinajstić information content (AvgIpc) is 3.19. The molecule has 0 unspecified atom stereocenters. The van der Waals surface area contributed by atoms with E-state index in [0.717, 1.165) is 10.9 Å². The van der Waals surface area contributed by atoms with E-state index in [1.54, 1.807) is 60.7 Å². The Hall–Kier alpha value is -7.48. The topological polar surface area (TPSA) is 110 Å². The van der Waals surface area contributed by atoms with Crippen LogP contribution in [0.2, 0.25) is 0 Å². The molecule has 0 saturated carbocycles. The fraction of sp³-hybridized carbons (Fsp3) is 0. The van der Waals surface area contributed by atoms with Crippen LogP contribution in [0.15, 0.2) is 109 Å². The molecule has 0 bridgehead atoms. The summed E-state index contributed by atoms with van der Waals surface area (Å²) in [6.45, 7) is 0. The predicted molar refractivity (Wildman–Crippen MR) is 188 cm³/mol. The Labute approximate surface area is 292 Å². The Balaban J connectivity index is 1.42. The van der Waals surface area contributed by atoms with Crippen molar-refractivity contribution in [3.05, 3.63) is 149 Å². The molecular formula is C42H18F4N6. The molecule has 0 N–H and O–H groups in total. The summed E-state index contributed by atoms with van der Waals surface area (Å²) in [5.74, 6) is -6.92. The molecule has 2 heterocycles. The minimum absolute atomic E-state index is 0.159. The average molecular weight is 683 g/mol. The van der Waals surface area contributed by atoms with E-state index >= 15 is 8.78 Å². The second-order valence-corrected chi connectivity index (χ2v) is 11.8. The van der Waals surface area contributed by atoms with Crippen molar-refractivity contribution in [1.82, 2.24) is 15.0 Å². The van der Waals surface area contributed by atoms with Crippen LogP contribution >= 0.6 is 0 Å². The number of benzene rings is 6. The molecule has 0 radical (unpaired) electrons. The Bertz CT molecular complexity index is 2890. The fourth-order valence-electron chi connectivity index (χ4n) is 6.39.